The van der Waals surface area contributed by atoms with Crippen molar-refractivity contribution in [2.24, 2.45) is 0 Å². The molecule has 1 aliphatic heterocycles. The van der Waals surface area contributed by atoms with Crippen LogP contribution in [0.15, 0.2) is 42.6 Å². The summed E-state index contributed by atoms with van der Waals surface area (Å²) in [7, 11) is 1.64. The van der Waals surface area contributed by atoms with Crippen molar-refractivity contribution >= 4 is 22.5 Å². The predicted octanol–water partition coefficient (Wildman–Crippen LogP) is 2.50. The third-order valence-corrected chi connectivity index (χ3v) is 4.69. The molecule has 0 unspecified atom stereocenters. The topological polar surface area (TPSA) is 81.6 Å². The SMILES string of the molecule is COCCOc1nc(N2CCOCC2)c2cc(CNc3ccccn3)ccc2n1. The van der Waals surface area contributed by atoms with Gasteiger partial charge in [0.2, 0.25) is 0 Å². The van der Waals surface area contributed by atoms with E-state index in [1.54, 1.807) is 13.3 Å². The molecule has 1 aromatic carbocycles. The number of hydrogen-bond donors (Lipinski definition) is 1. The lowest BCUT2D eigenvalue weighted by Gasteiger charge is -2.29. The van der Waals surface area contributed by atoms with Gasteiger partial charge >= 0.3 is 6.01 Å². The molecule has 0 saturated carbocycles. The average Bonchev–Trinajstić information content (AvgIpc) is 2.78. The molecular weight excluding hydrogens is 370 g/mol. The Labute approximate surface area is 169 Å². The first-order valence-corrected chi connectivity index (χ1v) is 9.73. The summed E-state index contributed by atoms with van der Waals surface area (Å²) in [5.41, 5.74) is 1.99. The van der Waals surface area contributed by atoms with E-state index in [0.717, 1.165) is 41.2 Å². The van der Waals surface area contributed by atoms with Crippen molar-refractivity contribution in [3.63, 3.8) is 0 Å². The van der Waals surface area contributed by atoms with Gasteiger partial charge in [-0.25, -0.2) is 4.98 Å². The first-order chi connectivity index (χ1) is 14.3. The van der Waals surface area contributed by atoms with Gasteiger partial charge in [0, 0.05) is 38.3 Å². The van der Waals surface area contributed by atoms with Crippen molar-refractivity contribution < 1.29 is 14.2 Å². The number of rotatable bonds is 8. The van der Waals surface area contributed by atoms with E-state index in [1.807, 2.05) is 24.3 Å². The molecule has 29 heavy (non-hydrogen) atoms. The average molecular weight is 395 g/mol. The first-order valence-electron chi connectivity index (χ1n) is 9.73. The van der Waals surface area contributed by atoms with Crippen LogP contribution in [0.2, 0.25) is 0 Å². The maximum atomic E-state index is 5.70. The second-order valence-corrected chi connectivity index (χ2v) is 6.69. The maximum Gasteiger partial charge on any atom is 0.319 e. The van der Waals surface area contributed by atoms with Gasteiger partial charge in [-0.05, 0) is 29.8 Å². The van der Waals surface area contributed by atoms with Crippen molar-refractivity contribution in [1.82, 2.24) is 15.0 Å². The Hall–Kier alpha value is -2.97. The first kappa shape index (κ1) is 19.4. The fraction of sp³-hybridized carbons (Fsp3) is 0.381. The van der Waals surface area contributed by atoms with Crippen LogP contribution in [-0.2, 0) is 16.0 Å². The number of aromatic nitrogens is 3. The molecule has 8 nitrogen and oxygen atoms in total. The van der Waals surface area contributed by atoms with Gasteiger partial charge in [0.25, 0.3) is 0 Å². The Morgan fingerprint density at radius 1 is 1.10 bits per heavy atom. The van der Waals surface area contributed by atoms with Crippen molar-refractivity contribution in [3.8, 4) is 6.01 Å². The molecule has 152 valence electrons. The van der Waals surface area contributed by atoms with Gasteiger partial charge < -0.3 is 24.4 Å². The van der Waals surface area contributed by atoms with Crippen molar-refractivity contribution in [3.05, 3.63) is 48.2 Å². The summed E-state index contributed by atoms with van der Waals surface area (Å²) in [5, 5.41) is 4.35. The third kappa shape index (κ3) is 4.90. The van der Waals surface area contributed by atoms with Crippen LogP contribution in [0.5, 0.6) is 6.01 Å². The lowest BCUT2D eigenvalue weighted by molar-refractivity contribution is 0.122. The monoisotopic (exact) mass is 395 g/mol. The predicted molar refractivity (Wildman–Crippen MR) is 112 cm³/mol. The van der Waals surface area contributed by atoms with Crippen LogP contribution in [-0.4, -0.2) is 61.6 Å². The molecule has 0 spiro atoms. The van der Waals surface area contributed by atoms with Gasteiger partial charge in [0.1, 0.15) is 18.2 Å². The molecule has 4 rings (SSSR count). The van der Waals surface area contributed by atoms with Crippen LogP contribution < -0.4 is 15.0 Å². The molecule has 0 amide bonds. The summed E-state index contributed by atoms with van der Waals surface area (Å²) >= 11 is 0. The Bertz CT molecular complexity index is 932. The van der Waals surface area contributed by atoms with Crippen molar-refractivity contribution in [2.75, 3.05) is 56.8 Å². The van der Waals surface area contributed by atoms with Crippen LogP contribution in [0.1, 0.15) is 5.56 Å². The molecule has 3 aromatic rings. The second-order valence-electron chi connectivity index (χ2n) is 6.69. The quantitative estimate of drug-likeness (QED) is 0.583. The van der Waals surface area contributed by atoms with Crippen LogP contribution in [0.25, 0.3) is 10.9 Å². The van der Waals surface area contributed by atoms with E-state index in [1.165, 1.54) is 0 Å². The molecule has 1 saturated heterocycles. The lowest BCUT2D eigenvalue weighted by Crippen LogP contribution is -2.37. The van der Waals surface area contributed by atoms with Crippen LogP contribution in [0, 0.1) is 0 Å². The fourth-order valence-corrected chi connectivity index (χ4v) is 3.21. The zero-order valence-electron chi connectivity index (χ0n) is 16.5. The molecular formula is C21H25N5O3. The number of methoxy groups -OCH3 is 1. The third-order valence-electron chi connectivity index (χ3n) is 4.69. The van der Waals surface area contributed by atoms with Crippen LogP contribution in [0.4, 0.5) is 11.6 Å². The van der Waals surface area contributed by atoms with E-state index in [-0.39, 0.29) is 0 Å². The standard InChI is InChI=1S/C21H25N5O3/c1-27-12-13-29-21-24-18-6-5-16(15-23-19-4-2-3-7-22-19)14-17(18)20(25-21)26-8-10-28-11-9-26/h2-7,14H,8-13,15H2,1H3,(H,22,23). The number of ether oxygens (including phenoxy) is 3. The number of hydrogen-bond acceptors (Lipinski definition) is 8. The number of benzene rings is 1. The molecule has 0 radical (unpaired) electrons. The summed E-state index contributed by atoms with van der Waals surface area (Å²) in [5.74, 6) is 1.73. The number of nitrogens with zero attached hydrogens (tertiary/aromatic N) is 4. The van der Waals surface area contributed by atoms with Gasteiger partial charge in [-0.2, -0.15) is 9.97 Å². The number of pyridine rings is 1. The van der Waals surface area contributed by atoms with Crippen LogP contribution in [0.3, 0.4) is 0 Å². The molecule has 1 fully saturated rings. The van der Waals surface area contributed by atoms with Crippen molar-refractivity contribution in [1.29, 1.82) is 0 Å². The Kier molecular flexibility index (Phi) is 6.33. The smallest absolute Gasteiger partial charge is 0.319 e. The summed E-state index contributed by atoms with van der Waals surface area (Å²) in [6.07, 6.45) is 1.78. The number of anilines is 2. The lowest BCUT2D eigenvalue weighted by atomic mass is 10.1. The normalized spacial score (nSPS) is 14.2. The number of morpholine rings is 1. The minimum atomic E-state index is 0.371. The molecule has 1 aliphatic rings. The van der Waals surface area contributed by atoms with E-state index in [4.69, 9.17) is 19.2 Å². The number of fused-ring (bicyclic) bond motifs is 1. The van der Waals surface area contributed by atoms with E-state index in [2.05, 4.69) is 32.3 Å². The number of nitrogens with one attached hydrogen (secondary N) is 1. The summed E-state index contributed by atoms with van der Waals surface area (Å²) < 4.78 is 16.3. The Morgan fingerprint density at radius 3 is 2.79 bits per heavy atom. The molecule has 0 aliphatic carbocycles. The van der Waals surface area contributed by atoms with E-state index >= 15 is 0 Å². The summed E-state index contributed by atoms with van der Waals surface area (Å²) in [4.78, 5) is 15.8. The highest BCUT2D eigenvalue weighted by molar-refractivity contribution is 5.90. The Morgan fingerprint density at radius 2 is 2.00 bits per heavy atom. The maximum absolute atomic E-state index is 5.70. The molecule has 8 heteroatoms. The molecule has 3 heterocycles. The zero-order valence-corrected chi connectivity index (χ0v) is 16.5. The molecule has 0 atom stereocenters. The van der Waals surface area contributed by atoms with Gasteiger partial charge in [-0.3, -0.25) is 0 Å². The second kappa shape index (κ2) is 9.49. The van der Waals surface area contributed by atoms with E-state index in [9.17, 15) is 0 Å². The van der Waals surface area contributed by atoms with E-state index in [0.29, 0.717) is 39.0 Å². The molecule has 1 N–H and O–H groups in total. The van der Waals surface area contributed by atoms with Gasteiger partial charge in [-0.15, -0.1) is 0 Å². The largest absolute Gasteiger partial charge is 0.461 e. The highest BCUT2D eigenvalue weighted by Gasteiger charge is 2.18. The van der Waals surface area contributed by atoms with Gasteiger partial charge in [0.15, 0.2) is 0 Å². The highest BCUT2D eigenvalue weighted by atomic mass is 16.5. The molecule has 2 aromatic heterocycles. The highest BCUT2D eigenvalue weighted by Crippen LogP contribution is 2.28. The van der Waals surface area contributed by atoms with Crippen molar-refractivity contribution in [2.45, 2.75) is 6.54 Å². The van der Waals surface area contributed by atoms with Gasteiger partial charge in [-0.1, -0.05) is 12.1 Å². The van der Waals surface area contributed by atoms with Crippen LogP contribution >= 0.6 is 0 Å². The summed E-state index contributed by atoms with van der Waals surface area (Å²) in [6, 6.07) is 12.4. The van der Waals surface area contributed by atoms with E-state index < -0.39 is 0 Å². The Balaban J connectivity index is 1.62. The molecule has 0 bridgehead atoms. The fourth-order valence-electron chi connectivity index (χ4n) is 3.21. The van der Waals surface area contributed by atoms with Gasteiger partial charge in [0.05, 0.1) is 25.3 Å². The zero-order chi connectivity index (χ0) is 19.9. The minimum Gasteiger partial charge on any atom is -0.461 e. The summed E-state index contributed by atoms with van der Waals surface area (Å²) in [6.45, 7) is 4.53. The minimum absolute atomic E-state index is 0.371.